The van der Waals surface area contributed by atoms with Crippen molar-refractivity contribution >= 4 is 17.2 Å². The molecule has 0 aliphatic heterocycles. The van der Waals surface area contributed by atoms with Crippen molar-refractivity contribution in [3.05, 3.63) is 94.5 Å². The molecule has 0 heterocycles. The Kier molecular flexibility index (Phi) is 6.53. The number of nitrogens with zero attached hydrogens (tertiary/aromatic N) is 1. The van der Waals surface area contributed by atoms with Gasteiger partial charge in [0.2, 0.25) is 0 Å². The highest BCUT2D eigenvalue weighted by molar-refractivity contribution is 6.10. The number of aliphatic imine (C=N–C) groups is 1. The second-order valence-electron chi connectivity index (χ2n) is 8.31. The second-order valence-corrected chi connectivity index (χ2v) is 8.31. The van der Waals surface area contributed by atoms with Crippen LogP contribution < -0.4 is 5.32 Å². The number of para-hydroxylation sites is 2. The third kappa shape index (κ3) is 4.76. The van der Waals surface area contributed by atoms with Gasteiger partial charge in [-0.15, -0.1) is 0 Å². The summed E-state index contributed by atoms with van der Waals surface area (Å²) in [6.45, 7) is 13.2. The molecule has 3 aromatic rings. The monoisotopic (exact) mass is 384 g/mol. The summed E-state index contributed by atoms with van der Waals surface area (Å²) in [5.74, 6) is 1.74. The van der Waals surface area contributed by atoms with Crippen molar-refractivity contribution in [1.82, 2.24) is 0 Å². The molecule has 150 valence electrons. The Labute approximate surface area is 175 Å². The first kappa shape index (κ1) is 20.9. The van der Waals surface area contributed by atoms with Gasteiger partial charge < -0.3 is 5.32 Å². The normalized spacial score (nSPS) is 11.9. The first-order chi connectivity index (χ1) is 13.9. The minimum atomic E-state index is 0.424. The van der Waals surface area contributed by atoms with Gasteiger partial charge in [-0.2, -0.15) is 0 Å². The molecule has 0 bridgehead atoms. The number of rotatable bonds is 5. The summed E-state index contributed by atoms with van der Waals surface area (Å²) in [5.41, 5.74) is 8.31. The summed E-state index contributed by atoms with van der Waals surface area (Å²) in [5, 5.41) is 3.75. The zero-order valence-electron chi connectivity index (χ0n) is 18.5. The quantitative estimate of drug-likeness (QED) is 0.353. The standard InChI is InChI=1S/C27H32N2/c1-18(2)23-16-11-17-24(19(3)4)26(23)29-27(22-14-8-7-9-15-22)28-25-20(5)12-10-13-21(25)6/h7-19H,1-6H3,(H,28,29). The van der Waals surface area contributed by atoms with E-state index in [4.69, 9.17) is 4.99 Å². The Balaban J connectivity index is 2.19. The average molecular weight is 385 g/mol. The smallest absolute Gasteiger partial charge is 0.138 e. The Morgan fingerprint density at radius 3 is 1.72 bits per heavy atom. The summed E-state index contributed by atoms with van der Waals surface area (Å²) in [6.07, 6.45) is 0. The van der Waals surface area contributed by atoms with Gasteiger partial charge in [0.1, 0.15) is 5.84 Å². The van der Waals surface area contributed by atoms with E-state index in [2.05, 4.69) is 108 Å². The maximum atomic E-state index is 5.13. The van der Waals surface area contributed by atoms with Gasteiger partial charge in [-0.1, -0.05) is 94.4 Å². The summed E-state index contributed by atoms with van der Waals surface area (Å²) < 4.78 is 0. The van der Waals surface area contributed by atoms with Gasteiger partial charge in [0.25, 0.3) is 0 Å². The Hall–Kier alpha value is -2.87. The molecule has 0 aliphatic carbocycles. The molecule has 2 nitrogen and oxygen atoms in total. The van der Waals surface area contributed by atoms with E-state index in [-0.39, 0.29) is 0 Å². The molecule has 0 unspecified atom stereocenters. The third-order valence-electron chi connectivity index (χ3n) is 5.33. The van der Waals surface area contributed by atoms with Crippen LogP contribution in [0.5, 0.6) is 0 Å². The number of hydrogen-bond donors (Lipinski definition) is 1. The minimum Gasteiger partial charge on any atom is -0.339 e. The van der Waals surface area contributed by atoms with E-state index in [9.17, 15) is 0 Å². The van der Waals surface area contributed by atoms with Crippen molar-refractivity contribution in [2.24, 2.45) is 4.99 Å². The maximum absolute atomic E-state index is 5.13. The molecule has 3 rings (SSSR count). The molecule has 0 amide bonds. The van der Waals surface area contributed by atoms with E-state index in [0.29, 0.717) is 11.8 Å². The fraction of sp³-hybridized carbons (Fsp3) is 0.296. The zero-order chi connectivity index (χ0) is 21.0. The first-order valence-electron chi connectivity index (χ1n) is 10.5. The molecule has 1 N–H and O–H groups in total. The van der Waals surface area contributed by atoms with E-state index in [1.54, 1.807) is 0 Å². The molecule has 0 radical (unpaired) electrons. The first-order valence-corrected chi connectivity index (χ1v) is 10.5. The number of amidine groups is 1. The predicted octanol–water partition coefficient (Wildman–Crippen LogP) is 7.74. The highest BCUT2D eigenvalue weighted by Gasteiger charge is 2.16. The van der Waals surface area contributed by atoms with Crippen LogP contribution in [0.25, 0.3) is 0 Å². The van der Waals surface area contributed by atoms with Crippen LogP contribution >= 0.6 is 0 Å². The Morgan fingerprint density at radius 1 is 0.690 bits per heavy atom. The lowest BCUT2D eigenvalue weighted by Crippen LogP contribution is -2.17. The van der Waals surface area contributed by atoms with Gasteiger partial charge in [-0.05, 0) is 47.9 Å². The van der Waals surface area contributed by atoms with E-state index in [1.165, 1.54) is 27.9 Å². The number of benzene rings is 3. The molecule has 0 fully saturated rings. The van der Waals surface area contributed by atoms with Crippen molar-refractivity contribution in [2.75, 3.05) is 5.32 Å². The lowest BCUT2D eigenvalue weighted by atomic mass is 9.92. The molecule has 0 aliphatic rings. The lowest BCUT2D eigenvalue weighted by Gasteiger charge is -2.22. The van der Waals surface area contributed by atoms with Crippen molar-refractivity contribution in [1.29, 1.82) is 0 Å². The average Bonchev–Trinajstić information content (AvgIpc) is 2.70. The van der Waals surface area contributed by atoms with Gasteiger partial charge in [0, 0.05) is 11.3 Å². The number of anilines is 1. The van der Waals surface area contributed by atoms with Crippen molar-refractivity contribution < 1.29 is 0 Å². The highest BCUT2D eigenvalue weighted by atomic mass is 15.0. The number of hydrogen-bond acceptors (Lipinski definition) is 1. The van der Waals surface area contributed by atoms with Crippen molar-refractivity contribution in [3.63, 3.8) is 0 Å². The predicted molar refractivity (Wildman–Crippen MR) is 127 cm³/mol. The third-order valence-corrected chi connectivity index (χ3v) is 5.33. The Morgan fingerprint density at radius 2 is 1.21 bits per heavy atom. The molecule has 0 saturated heterocycles. The van der Waals surface area contributed by atoms with Gasteiger partial charge in [0.05, 0.1) is 5.69 Å². The second kappa shape index (κ2) is 9.09. The van der Waals surface area contributed by atoms with Crippen LogP contribution in [0.15, 0.2) is 71.7 Å². The topological polar surface area (TPSA) is 24.4 Å². The number of aryl methyl sites for hydroxylation is 2. The fourth-order valence-corrected chi connectivity index (χ4v) is 3.67. The van der Waals surface area contributed by atoms with Crippen molar-refractivity contribution in [2.45, 2.75) is 53.4 Å². The van der Waals surface area contributed by atoms with Crippen LogP contribution in [-0.2, 0) is 0 Å². The van der Waals surface area contributed by atoms with E-state index < -0.39 is 0 Å². The molecule has 3 aromatic carbocycles. The van der Waals surface area contributed by atoms with E-state index >= 15 is 0 Å². The van der Waals surface area contributed by atoms with Crippen LogP contribution in [0.1, 0.15) is 67.3 Å². The Bertz CT molecular complexity index is 952. The summed E-state index contributed by atoms with van der Waals surface area (Å²) >= 11 is 0. The van der Waals surface area contributed by atoms with Gasteiger partial charge in [0.15, 0.2) is 0 Å². The maximum Gasteiger partial charge on any atom is 0.138 e. The molecule has 0 spiro atoms. The van der Waals surface area contributed by atoms with Crippen LogP contribution in [0, 0.1) is 13.8 Å². The minimum absolute atomic E-state index is 0.424. The molecule has 0 saturated carbocycles. The number of nitrogens with one attached hydrogen (secondary N) is 1. The molecule has 2 heteroatoms. The molecule has 0 aromatic heterocycles. The molecular formula is C27H32N2. The lowest BCUT2D eigenvalue weighted by molar-refractivity contribution is 0.839. The fourth-order valence-electron chi connectivity index (χ4n) is 3.67. The summed E-state index contributed by atoms with van der Waals surface area (Å²) in [4.78, 5) is 5.13. The van der Waals surface area contributed by atoms with Crippen LogP contribution in [0.3, 0.4) is 0 Å². The van der Waals surface area contributed by atoms with Crippen molar-refractivity contribution in [3.8, 4) is 0 Å². The van der Waals surface area contributed by atoms with Gasteiger partial charge >= 0.3 is 0 Å². The van der Waals surface area contributed by atoms with Gasteiger partial charge in [-0.3, -0.25) is 0 Å². The molecule has 29 heavy (non-hydrogen) atoms. The SMILES string of the molecule is Cc1cccc(C)c1N=C(Nc1c(C(C)C)cccc1C(C)C)c1ccccc1. The summed E-state index contributed by atoms with van der Waals surface area (Å²) in [6, 6.07) is 23.3. The molecular weight excluding hydrogens is 352 g/mol. The van der Waals surface area contributed by atoms with Crippen LogP contribution in [0.4, 0.5) is 11.4 Å². The van der Waals surface area contributed by atoms with E-state index in [0.717, 1.165) is 17.1 Å². The van der Waals surface area contributed by atoms with E-state index in [1.807, 2.05) is 6.07 Å². The largest absolute Gasteiger partial charge is 0.339 e. The van der Waals surface area contributed by atoms with Crippen LogP contribution in [-0.4, -0.2) is 5.84 Å². The zero-order valence-corrected chi connectivity index (χ0v) is 18.5. The van der Waals surface area contributed by atoms with Crippen LogP contribution in [0.2, 0.25) is 0 Å². The summed E-state index contributed by atoms with van der Waals surface area (Å²) in [7, 11) is 0. The van der Waals surface area contributed by atoms with Gasteiger partial charge in [-0.25, -0.2) is 4.99 Å². The molecule has 0 atom stereocenters. The highest BCUT2D eigenvalue weighted by Crippen LogP contribution is 2.33.